The summed E-state index contributed by atoms with van der Waals surface area (Å²) in [6.07, 6.45) is -2.19. The van der Waals surface area contributed by atoms with Crippen molar-refractivity contribution in [2.75, 3.05) is 7.05 Å². The molecule has 4 N–H and O–H groups in total. The highest BCUT2D eigenvalue weighted by atomic mass is 16.4. The Morgan fingerprint density at radius 1 is 1.00 bits per heavy atom. The fourth-order valence-corrected chi connectivity index (χ4v) is 1.08. The lowest BCUT2D eigenvalue weighted by Crippen LogP contribution is -2.55. The highest BCUT2D eigenvalue weighted by molar-refractivity contribution is 5.85. The fourth-order valence-electron chi connectivity index (χ4n) is 1.08. The van der Waals surface area contributed by atoms with Crippen molar-refractivity contribution in [3.63, 3.8) is 0 Å². The number of hydrogen-bond acceptors (Lipinski definition) is 5. The second-order valence-corrected chi connectivity index (χ2v) is 3.25. The monoisotopic (exact) mass is 235 g/mol. The van der Waals surface area contributed by atoms with E-state index in [9.17, 15) is 14.4 Å². The average molecular weight is 235 g/mol. The van der Waals surface area contributed by atoms with E-state index in [4.69, 9.17) is 20.4 Å². The molecule has 0 amide bonds. The van der Waals surface area contributed by atoms with Crippen LogP contribution in [-0.4, -0.2) is 68.5 Å². The summed E-state index contributed by atoms with van der Waals surface area (Å²) in [5.41, 5.74) is 0. The predicted molar refractivity (Wildman–Crippen MR) is 49.9 cm³/mol. The molecule has 0 rings (SSSR count). The van der Waals surface area contributed by atoms with E-state index in [1.54, 1.807) is 0 Å². The molecule has 0 heterocycles. The summed E-state index contributed by atoms with van der Waals surface area (Å²) < 4.78 is 0. The first-order valence-electron chi connectivity index (χ1n) is 4.28. The number of nitrogens with zero attached hydrogens (tertiary/aromatic N) is 1. The number of aliphatic hydroxyl groups is 1. The van der Waals surface area contributed by atoms with Gasteiger partial charge in [0.15, 0.2) is 6.10 Å². The zero-order valence-corrected chi connectivity index (χ0v) is 8.69. The Hall–Kier alpha value is -1.67. The molecule has 0 aliphatic rings. The number of carboxylic acids is 3. The van der Waals surface area contributed by atoms with Crippen LogP contribution in [0.2, 0.25) is 0 Å². The maximum atomic E-state index is 10.8. The second kappa shape index (κ2) is 5.42. The Morgan fingerprint density at radius 2 is 1.44 bits per heavy atom. The molecule has 8 heteroatoms. The molecule has 0 spiro atoms. The van der Waals surface area contributed by atoms with Gasteiger partial charge in [0.1, 0.15) is 12.1 Å². The van der Waals surface area contributed by atoms with Crippen LogP contribution < -0.4 is 0 Å². The van der Waals surface area contributed by atoms with Crippen LogP contribution in [0.15, 0.2) is 0 Å². The third-order valence-electron chi connectivity index (χ3n) is 2.21. The molecule has 0 radical (unpaired) electrons. The van der Waals surface area contributed by atoms with Crippen LogP contribution in [0.1, 0.15) is 6.92 Å². The van der Waals surface area contributed by atoms with Crippen LogP contribution >= 0.6 is 0 Å². The molecule has 0 saturated heterocycles. The molecule has 16 heavy (non-hydrogen) atoms. The van der Waals surface area contributed by atoms with Gasteiger partial charge < -0.3 is 20.4 Å². The van der Waals surface area contributed by atoms with Gasteiger partial charge in [-0.05, 0) is 14.0 Å². The molecule has 0 aromatic rings. The van der Waals surface area contributed by atoms with Crippen molar-refractivity contribution < 1.29 is 34.8 Å². The average Bonchev–Trinajstić information content (AvgIpc) is 2.15. The molecule has 3 atom stereocenters. The third kappa shape index (κ3) is 3.17. The lowest BCUT2D eigenvalue weighted by molar-refractivity contribution is -0.164. The van der Waals surface area contributed by atoms with Gasteiger partial charge >= 0.3 is 17.9 Å². The number of carbonyl (C=O) groups is 3. The molecular formula is C8H13NO7. The first kappa shape index (κ1) is 14.3. The summed E-state index contributed by atoms with van der Waals surface area (Å²) in [7, 11) is 1.11. The van der Waals surface area contributed by atoms with E-state index in [-0.39, 0.29) is 0 Å². The van der Waals surface area contributed by atoms with Crippen LogP contribution in [0.4, 0.5) is 0 Å². The van der Waals surface area contributed by atoms with E-state index in [2.05, 4.69) is 0 Å². The second-order valence-electron chi connectivity index (χ2n) is 3.25. The topological polar surface area (TPSA) is 135 Å². The Balaban J connectivity index is 4.99. The number of aliphatic carboxylic acids is 3. The van der Waals surface area contributed by atoms with Gasteiger partial charge in [0.2, 0.25) is 0 Å². The molecule has 0 saturated carbocycles. The summed E-state index contributed by atoms with van der Waals surface area (Å²) >= 11 is 0. The third-order valence-corrected chi connectivity index (χ3v) is 2.21. The Labute approximate surface area is 90.7 Å². The molecule has 0 aromatic heterocycles. The molecule has 92 valence electrons. The first-order valence-corrected chi connectivity index (χ1v) is 4.28. The smallest absolute Gasteiger partial charge is 0.334 e. The van der Waals surface area contributed by atoms with Gasteiger partial charge in [-0.25, -0.2) is 4.79 Å². The van der Waals surface area contributed by atoms with Gasteiger partial charge in [-0.1, -0.05) is 0 Å². The van der Waals surface area contributed by atoms with Gasteiger partial charge in [0, 0.05) is 0 Å². The molecule has 0 aromatic carbocycles. The summed E-state index contributed by atoms with van der Waals surface area (Å²) in [5, 5.41) is 35.0. The molecule has 0 bridgehead atoms. The Kier molecular flexibility index (Phi) is 4.86. The lowest BCUT2D eigenvalue weighted by Gasteiger charge is -2.29. The van der Waals surface area contributed by atoms with Crippen LogP contribution in [0.3, 0.4) is 0 Å². The molecule has 0 aliphatic carbocycles. The molecular weight excluding hydrogens is 222 g/mol. The minimum atomic E-state index is -2.19. The number of carboxylic acid groups (broad SMARTS) is 3. The van der Waals surface area contributed by atoms with Crippen molar-refractivity contribution in [1.29, 1.82) is 0 Å². The standard InChI is InChI=1S/C8H13NO7/c1-3(6(11)12)9(2)4(7(13)14)5(10)8(15)16/h3-5,10H,1-2H3,(H,11,12)(H,13,14)(H,15,16). The van der Waals surface area contributed by atoms with Gasteiger partial charge in [-0.15, -0.1) is 0 Å². The molecule has 8 nitrogen and oxygen atoms in total. The van der Waals surface area contributed by atoms with E-state index in [1.165, 1.54) is 6.92 Å². The van der Waals surface area contributed by atoms with Gasteiger partial charge in [0.25, 0.3) is 0 Å². The normalized spacial score (nSPS) is 16.5. The van der Waals surface area contributed by atoms with Crippen LogP contribution in [0, 0.1) is 0 Å². The van der Waals surface area contributed by atoms with E-state index >= 15 is 0 Å². The lowest BCUT2D eigenvalue weighted by atomic mass is 10.1. The van der Waals surface area contributed by atoms with Crippen molar-refractivity contribution in [2.24, 2.45) is 0 Å². The zero-order valence-electron chi connectivity index (χ0n) is 8.69. The van der Waals surface area contributed by atoms with E-state index < -0.39 is 36.1 Å². The van der Waals surface area contributed by atoms with Crippen molar-refractivity contribution in [3.8, 4) is 0 Å². The number of aliphatic hydroxyl groups excluding tert-OH is 1. The predicted octanol–water partition coefficient (Wildman–Crippen LogP) is -1.71. The Bertz CT molecular complexity index is 303. The van der Waals surface area contributed by atoms with E-state index in [0.717, 1.165) is 11.9 Å². The van der Waals surface area contributed by atoms with Crippen molar-refractivity contribution in [2.45, 2.75) is 25.1 Å². The quantitative estimate of drug-likeness (QED) is 0.427. The van der Waals surface area contributed by atoms with Crippen LogP contribution in [0.25, 0.3) is 0 Å². The fraction of sp³-hybridized carbons (Fsp3) is 0.625. The van der Waals surface area contributed by atoms with Gasteiger partial charge in [-0.2, -0.15) is 0 Å². The van der Waals surface area contributed by atoms with Crippen molar-refractivity contribution >= 4 is 17.9 Å². The largest absolute Gasteiger partial charge is 0.480 e. The first-order chi connectivity index (χ1) is 7.20. The van der Waals surface area contributed by atoms with Gasteiger partial charge in [0.05, 0.1) is 0 Å². The number of hydrogen-bond donors (Lipinski definition) is 4. The van der Waals surface area contributed by atoms with E-state index in [1.807, 2.05) is 0 Å². The summed E-state index contributed by atoms with van der Waals surface area (Å²) in [6, 6.07) is -3.04. The van der Waals surface area contributed by atoms with Gasteiger partial charge in [-0.3, -0.25) is 14.5 Å². The minimum absolute atomic E-state index is 0.767. The highest BCUT2D eigenvalue weighted by Gasteiger charge is 2.38. The summed E-state index contributed by atoms with van der Waals surface area (Å²) in [6.45, 7) is 1.19. The van der Waals surface area contributed by atoms with Crippen LogP contribution in [-0.2, 0) is 14.4 Å². The SMILES string of the molecule is CC(C(=O)O)N(C)C(C(=O)O)C(O)C(=O)O. The molecule has 3 unspecified atom stereocenters. The van der Waals surface area contributed by atoms with Crippen LogP contribution in [0.5, 0.6) is 0 Å². The maximum Gasteiger partial charge on any atom is 0.334 e. The Morgan fingerprint density at radius 3 is 1.69 bits per heavy atom. The summed E-state index contributed by atoms with van der Waals surface area (Å²) in [5.74, 6) is -4.64. The zero-order chi connectivity index (χ0) is 13.0. The van der Waals surface area contributed by atoms with E-state index in [0.29, 0.717) is 0 Å². The minimum Gasteiger partial charge on any atom is -0.480 e. The highest BCUT2D eigenvalue weighted by Crippen LogP contribution is 2.08. The maximum absolute atomic E-state index is 10.8. The van der Waals surface area contributed by atoms with Crippen molar-refractivity contribution in [3.05, 3.63) is 0 Å². The summed E-state index contributed by atoms with van der Waals surface area (Å²) in [4.78, 5) is 32.6. The number of likely N-dealkylation sites (N-methyl/N-ethyl adjacent to an activating group) is 1. The van der Waals surface area contributed by atoms with Crippen molar-refractivity contribution in [1.82, 2.24) is 4.90 Å². The molecule has 0 aliphatic heterocycles. The molecule has 0 fully saturated rings. The number of rotatable bonds is 6.